The van der Waals surface area contributed by atoms with Gasteiger partial charge in [0.25, 0.3) is 0 Å². The minimum Gasteiger partial charge on any atom is -0.497 e. The molecule has 1 aliphatic rings. The summed E-state index contributed by atoms with van der Waals surface area (Å²) in [6.07, 6.45) is 2.19. The van der Waals surface area contributed by atoms with E-state index in [4.69, 9.17) is 16.3 Å². The fourth-order valence-electron chi connectivity index (χ4n) is 1.65. The van der Waals surface area contributed by atoms with Crippen LogP contribution < -0.4 is 9.46 Å². The number of hydrogen-bond acceptors (Lipinski definition) is 3. The smallest absolute Gasteiger partial charge is 0.240 e. The topological polar surface area (TPSA) is 55.4 Å². The van der Waals surface area contributed by atoms with Gasteiger partial charge in [0.05, 0.1) is 12.0 Å². The third kappa shape index (κ3) is 3.37. The highest BCUT2D eigenvalue weighted by Gasteiger charge is 2.30. The van der Waals surface area contributed by atoms with Crippen LogP contribution in [0.25, 0.3) is 0 Å². The molecule has 6 heteroatoms. The van der Waals surface area contributed by atoms with Gasteiger partial charge in [-0.05, 0) is 43.0 Å². The molecule has 1 atom stereocenters. The van der Waals surface area contributed by atoms with Crippen molar-refractivity contribution in [3.8, 4) is 5.75 Å². The average Bonchev–Trinajstić information content (AvgIpc) is 3.20. The molecule has 18 heavy (non-hydrogen) atoms. The number of methoxy groups -OCH3 is 1. The molecule has 100 valence electrons. The highest BCUT2D eigenvalue weighted by atomic mass is 35.5. The van der Waals surface area contributed by atoms with E-state index in [0.717, 1.165) is 12.8 Å². The van der Waals surface area contributed by atoms with E-state index in [-0.39, 0.29) is 16.8 Å². The van der Waals surface area contributed by atoms with Crippen molar-refractivity contribution in [2.45, 2.75) is 23.1 Å². The lowest BCUT2D eigenvalue weighted by Crippen LogP contribution is -2.30. The maximum absolute atomic E-state index is 12.0. The van der Waals surface area contributed by atoms with Crippen molar-refractivity contribution in [2.75, 3.05) is 13.7 Å². The molecule has 4 nitrogen and oxygen atoms in total. The number of benzene rings is 1. The van der Waals surface area contributed by atoms with Crippen molar-refractivity contribution in [3.63, 3.8) is 0 Å². The number of ether oxygens (including phenoxy) is 1. The van der Waals surface area contributed by atoms with Crippen LogP contribution in [-0.2, 0) is 10.0 Å². The van der Waals surface area contributed by atoms with E-state index in [1.807, 2.05) is 0 Å². The Morgan fingerprint density at radius 3 is 2.50 bits per heavy atom. The van der Waals surface area contributed by atoms with Gasteiger partial charge in [-0.1, -0.05) is 0 Å². The Morgan fingerprint density at radius 2 is 2.00 bits per heavy atom. The molecule has 0 amide bonds. The van der Waals surface area contributed by atoms with E-state index in [1.165, 1.54) is 19.2 Å². The van der Waals surface area contributed by atoms with Gasteiger partial charge in [0.2, 0.25) is 10.0 Å². The zero-order chi connectivity index (χ0) is 13.2. The summed E-state index contributed by atoms with van der Waals surface area (Å²) in [4.78, 5) is 0.225. The third-order valence-electron chi connectivity index (χ3n) is 2.97. The van der Waals surface area contributed by atoms with Crippen LogP contribution in [-0.4, -0.2) is 27.4 Å². The molecule has 1 N–H and O–H groups in total. The summed E-state index contributed by atoms with van der Waals surface area (Å²) in [5.41, 5.74) is 0. The van der Waals surface area contributed by atoms with Crippen molar-refractivity contribution >= 4 is 21.6 Å². The summed E-state index contributed by atoms with van der Waals surface area (Å²) >= 11 is 6.07. The van der Waals surface area contributed by atoms with Gasteiger partial charge in [0.1, 0.15) is 5.75 Å². The molecule has 0 aromatic heterocycles. The van der Waals surface area contributed by atoms with Gasteiger partial charge in [-0.15, -0.1) is 11.6 Å². The fraction of sp³-hybridized carbons (Fsp3) is 0.500. The van der Waals surface area contributed by atoms with Gasteiger partial charge in [-0.25, -0.2) is 13.1 Å². The van der Waals surface area contributed by atoms with E-state index in [9.17, 15) is 8.42 Å². The summed E-state index contributed by atoms with van der Waals surface area (Å²) in [6, 6.07) is 6.27. The van der Waals surface area contributed by atoms with Gasteiger partial charge in [-0.2, -0.15) is 0 Å². The predicted molar refractivity (Wildman–Crippen MR) is 70.5 cm³/mol. The number of nitrogens with one attached hydrogen (secondary N) is 1. The first kappa shape index (κ1) is 13.6. The highest BCUT2D eigenvalue weighted by Crippen LogP contribution is 2.35. The summed E-state index contributed by atoms with van der Waals surface area (Å²) in [5.74, 6) is 1.09. The van der Waals surface area contributed by atoms with Gasteiger partial charge < -0.3 is 4.74 Å². The minimum absolute atomic E-state index is 0.113. The lowest BCUT2D eigenvalue weighted by molar-refractivity contribution is 0.414. The van der Waals surface area contributed by atoms with E-state index < -0.39 is 10.0 Å². The summed E-state index contributed by atoms with van der Waals surface area (Å²) in [5, 5.41) is -0.113. The second kappa shape index (κ2) is 5.47. The van der Waals surface area contributed by atoms with Crippen LogP contribution in [0.4, 0.5) is 0 Å². The van der Waals surface area contributed by atoms with E-state index in [0.29, 0.717) is 11.7 Å². The zero-order valence-electron chi connectivity index (χ0n) is 10.1. The largest absolute Gasteiger partial charge is 0.497 e. The Bertz CT molecular complexity index is 497. The first-order chi connectivity index (χ1) is 8.53. The number of halogens is 1. The lowest BCUT2D eigenvalue weighted by atomic mass is 10.3. The van der Waals surface area contributed by atoms with Crippen LogP contribution in [0.5, 0.6) is 5.75 Å². The Kier molecular flexibility index (Phi) is 4.14. The third-order valence-corrected chi connectivity index (χ3v) is 4.92. The zero-order valence-corrected chi connectivity index (χ0v) is 11.7. The molecule has 2 rings (SSSR count). The highest BCUT2D eigenvalue weighted by molar-refractivity contribution is 7.89. The minimum atomic E-state index is -3.48. The Labute approximate surface area is 112 Å². The summed E-state index contributed by atoms with van der Waals surface area (Å²) < 4.78 is 31.5. The van der Waals surface area contributed by atoms with Crippen molar-refractivity contribution in [1.82, 2.24) is 4.72 Å². The number of alkyl halides is 1. The normalized spacial score (nSPS) is 17.4. The van der Waals surface area contributed by atoms with Crippen molar-refractivity contribution < 1.29 is 13.2 Å². The molecule has 0 aliphatic heterocycles. The molecule has 0 spiro atoms. The molecule has 0 saturated heterocycles. The molecule has 0 heterocycles. The van der Waals surface area contributed by atoms with Crippen LogP contribution in [0.2, 0.25) is 0 Å². The van der Waals surface area contributed by atoms with Crippen molar-refractivity contribution in [3.05, 3.63) is 24.3 Å². The maximum atomic E-state index is 12.0. The molecule has 1 fully saturated rings. The number of sulfonamides is 1. The van der Waals surface area contributed by atoms with E-state index in [2.05, 4.69) is 4.72 Å². The molecule has 1 unspecified atom stereocenters. The van der Waals surface area contributed by atoms with Gasteiger partial charge >= 0.3 is 0 Å². The number of hydrogen-bond donors (Lipinski definition) is 1. The lowest BCUT2D eigenvalue weighted by Gasteiger charge is -2.10. The quantitative estimate of drug-likeness (QED) is 0.815. The second-order valence-electron chi connectivity index (χ2n) is 4.38. The van der Waals surface area contributed by atoms with Crippen LogP contribution in [0.3, 0.4) is 0 Å². The molecule has 1 aromatic rings. The molecule has 1 aliphatic carbocycles. The van der Waals surface area contributed by atoms with Crippen LogP contribution in [0, 0.1) is 5.92 Å². The first-order valence-corrected chi connectivity index (χ1v) is 7.72. The van der Waals surface area contributed by atoms with Crippen molar-refractivity contribution in [1.29, 1.82) is 0 Å². The molecule has 1 aromatic carbocycles. The predicted octanol–water partition coefficient (Wildman–Crippen LogP) is 1.99. The standard InChI is InChI=1S/C12H16ClNO3S/c1-17-10-4-6-11(7-5-10)18(15,16)14-8-12(13)9-2-3-9/h4-7,9,12,14H,2-3,8H2,1H3. The molecule has 1 saturated carbocycles. The summed E-state index contributed by atoms with van der Waals surface area (Å²) in [7, 11) is -1.94. The molecule has 0 radical (unpaired) electrons. The Hall–Kier alpha value is -0.780. The van der Waals surface area contributed by atoms with Crippen LogP contribution in [0.1, 0.15) is 12.8 Å². The fourth-order valence-corrected chi connectivity index (χ4v) is 3.13. The Morgan fingerprint density at radius 1 is 1.39 bits per heavy atom. The SMILES string of the molecule is COc1ccc(S(=O)(=O)NCC(Cl)C2CC2)cc1. The van der Waals surface area contributed by atoms with Gasteiger partial charge in [-0.3, -0.25) is 0 Å². The monoisotopic (exact) mass is 289 g/mol. The van der Waals surface area contributed by atoms with Gasteiger partial charge in [0.15, 0.2) is 0 Å². The molecular weight excluding hydrogens is 274 g/mol. The van der Waals surface area contributed by atoms with Gasteiger partial charge in [0, 0.05) is 11.9 Å². The second-order valence-corrected chi connectivity index (χ2v) is 6.71. The van der Waals surface area contributed by atoms with E-state index >= 15 is 0 Å². The summed E-state index contributed by atoms with van der Waals surface area (Å²) in [6.45, 7) is 0.278. The van der Waals surface area contributed by atoms with Crippen LogP contribution in [0.15, 0.2) is 29.2 Å². The first-order valence-electron chi connectivity index (χ1n) is 5.81. The van der Waals surface area contributed by atoms with Crippen molar-refractivity contribution in [2.24, 2.45) is 5.92 Å². The maximum Gasteiger partial charge on any atom is 0.240 e. The van der Waals surface area contributed by atoms with Crippen LogP contribution >= 0.6 is 11.6 Å². The molecule has 0 bridgehead atoms. The number of rotatable bonds is 6. The average molecular weight is 290 g/mol. The van der Waals surface area contributed by atoms with E-state index in [1.54, 1.807) is 12.1 Å². The molecular formula is C12H16ClNO3S. The Balaban J connectivity index is 1.99.